The highest BCUT2D eigenvalue weighted by atomic mass is 16.7. The maximum atomic E-state index is 13.1. The molecule has 0 radical (unpaired) electrons. The number of aliphatic hydroxyl groups is 7. The third-order valence-electron chi connectivity index (χ3n) is 16.4. The van der Waals surface area contributed by atoms with Gasteiger partial charge in [-0.1, -0.05) is 269 Å². The molecule has 0 aliphatic carbocycles. The summed E-state index contributed by atoms with van der Waals surface area (Å²) in [4.78, 5) is 13.1. The first-order valence-electron chi connectivity index (χ1n) is 34.1. The molecule has 2 heterocycles. The zero-order valence-electron chi connectivity index (χ0n) is 52.2. The van der Waals surface area contributed by atoms with Crippen LogP contribution in [0.15, 0.2) is 36.5 Å². The molecule has 11 unspecified atom stereocenters. The molecule has 2 aliphatic heterocycles. The summed E-state index contributed by atoms with van der Waals surface area (Å²) in [6, 6.07) is 0. The normalized spacial score (nSPS) is 23.7. The molecular formula is C68H126O14. The second-order valence-electron chi connectivity index (χ2n) is 24.0. The van der Waals surface area contributed by atoms with E-state index in [1.54, 1.807) is 0 Å². The minimum atomic E-state index is -1.71. The van der Waals surface area contributed by atoms with Gasteiger partial charge in [-0.05, 0) is 51.4 Å². The van der Waals surface area contributed by atoms with E-state index < -0.39 is 80.7 Å². The summed E-state index contributed by atoms with van der Waals surface area (Å²) in [6.45, 7) is 3.74. The molecule has 7 N–H and O–H groups in total. The van der Waals surface area contributed by atoms with Crippen molar-refractivity contribution in [2.75, 3.05) is 33.0 Å². The fraction of sp³-hybridized carbons (Fsp3) is 0.897. The first kappa shape index (κ1) is 76.3. The molecule has 0 amide bonds. The monoisotopic (exact) mass is 1170 g/mol. The van der Waals surface area contributed by atoms with E-state index >= 15 is 0 Å². The van der Waals surface area contributed by atoms with Crippen LogP contribution in [0.2, 0.25) is 0 Å². The molecular weight excluding hydrogens is 1040 g/mol. The summed E-state index contributed by atoms with van der Waals surface area (Å²) in [5.74, 6) is -0.370. The summed E-state index contributed by atoms with van der Waals surface area (Å²) in [5, 5.41) is 72.6. The second kappa shape index (κ2) is 54.6. The van der Waals surface area contributed by atoms with Crippen LogP contribution in [0.3, 0.4) is 0 Å². The van der Waals surface area contributed by atoms with Crippen LogP contribution in [0.4, 0.5) is 0 Å². The molecule has 2 saturated heterocycles. The third-order valence-corrected chi connectivity index (χ3v) is 16.4. The molecule has 0 saturated carbocycles. The molecule has 2 fully saturated rings. The predicted molar refractivity (Wildman–Crippen MR) is 330 cm³/mol. The number of unbranched alkanes of at least 4 members (excludes halogenated alkanes) is 37. The molecule has 0 aromatic carbocycles. The number of rotatable bonds is 57. The Hall–Kier alpha value is -1.79. The van der Waals surface area contributed by atoms with E-state index in [0.717, 1.165) is 51.4 Å². The summed E-state index contributed by atoms with van der Waals surface area (Å²) in [6.07, 6.45) is 50.7. The van der Waals surface area contributed by atoms with Gasteiger partial charge in [0.25, 0.3) is 0 Å². The molecule has 0 aromatic heterocycles. The molecule has 0 aromatic rings. The van der Waals surface area contributed by atoms with Gasteiger partial charge in [0.15, 0.2) is 12.6 Å². The lowest BCUT2D eigenvalue weighted by Gasteiger charge is -2.42. The minimum absolute atomic E-state index is 0.0633. The number of hydrogen-bond acceptors (Lipinski definition) is 14. The first-order valence-corrected chi connectivity index (χ1v) is 34.1. The number of ether oxygens (including phenoxy) is 6. The van der Waals surface area contributed by atoms with Gasteiger partial charge in [-0.25, -0.2) is 0 Å². The van der Waals surface area contributed by atoms with Crippen molar-refractivity contribution in [3.63, 3.8) is 0 Å². The molecule has 14 nitrogen and oxygen atoms in total. The minimum Gasteiger partial charge on any atom is -0.457 e. The van der Waals surface area contributed by atoms with Crippen molar-refractivity contribution in [1.82, 2.24) is 0 Å². The van der Waals surface area contributed by atoms with Crippen LogP contribution in [0.25, 0.3) is 0 Å². The van der Waals surface area contributed by atoms with Gasteiger partial charge in [-0.3, -0.25) is 4.79 Å². The maximum absolute atomic E-state index is 13.1. The van der Waals surface area contributed by atoms with Gasteiger partial charge in [0.05, 0.1) is 26.4 Å². The number of hydrogen-bond donors (Lipinski definition) is 7. The Morgan fingerprint density at radius 1 is 0.402 bits per heavy atom. The fourth-order valence-corrected chi connectivity index (χ4v) is 10.9. The molecule has 2 aliphatic rings. The van der Waals surface area contributed by atoms with E-state index in [2.05, 4.69) is 50.3 Å². The summed E-state index contributed by atoms with van der Waals surface area (Å²) in [7, 11) is 0. The van der Waals surface area contributed by atoms with Crippen molar-refractivity contribution in [2.45, 2.75) is 357 Å². The standard InChI is InChI=1S/C68H126O14/c1-3-5-7-9-11-13-15-17-19-21-23-25-27-28-29-30-32-34-36-38-40-42-44-46-48-50-52-77-54-57(55-78-67-66(76)64(74)62(72)59(82-67)56-79-68-65(75)63(73)61(71)58(53-69)81-68)80-60(70)51-49-47-45-43-41-39-37-35-33-31-26-24-22-20-18-16-14-12-10-8-6-4-2/h15,17,21,23,27-28,57-59,61-69,71-76H,3-14,16,18-20,22,24-26,29-56H2,1-2H3/b17-15-,23-21-,28-27-. The van der Waals surface area contributed by atoms with Crippen molar-refractivity contribution in [3.8, 4) is 0 Å². The Morgan fingerprint density at radius 3 is 1.18 bits per heavy atom. The fourth-order valence-electron chi connectivity index (χ4n) is 10.9. The number of esters is 1. The molecule has 0 spiro atoms. The highest BCUT2D eigenvalue weighted by Gasteiger charge is 2.47. The van der Waals surface area contributed by atoms with E-state index in [9.17, 15) is 40.5 Å². The van der Waals surface area contributed by atoms with Crippen LogP contribution >= 0.6 is 0 Å². The van der Waals surface area contributed by atoms with Crippen LogP contribution in [-0.2, 0) is 33.2 Å². The highest BCUT2D eigenvalue weighted by molar-refractivity contribution is 5.69. The molecule has 482 valence electrons. The quantitative estimate of drug-likeness (QED) is 0.0171. The molecule has 0 bridgehead atoms. The zero-order chi connectivity index (χ0) is 59.4. The van der Waals surface area contributed by atoms with Gasteiger partial charge >= 0.3 is 5.97 Å². The molecule has 14 heteroatoms. The van der Waals surface area contributed by atoms with Crippen LogP contribution in [0.5, 0.6) is 0 Å². The lowest BCUT2D eigenvalue weighted by molar-refractivity contribution is -0.332. The van der Waals surface area contributed by atoms with Gasteiger partial charge in [0, 0.05) is 13.0 Å². The lowest BCUT2D eigenvalue weighted by Crippen LogP contribution is -2.61. The summed E-state index contributed by atoms with van der Waals surface area (Å²) < 4.78 is 34.5. The Kier molecular flexibility index (Phi) is 50.8. The van der Waals surface area contributed by atoms with Gasteiger partial charge in [-0.2, -0.15) is 0 Å². The molecule has 82 heavy (non-hydrogen) atoms. The maximum Gasteiger partial charge on any atom is 0.306 e. The van der Waals surface area contributed by atoms with Gasteiger partial charge in [0.2, 0.25) is 0 Å². The largest absolute Gasteiger partial charge is 0.457 e. The topological polar surface area (TPSA) is 214 Å². The first-order chi connectivity index (χ1) is 40.1. The second-order valence-corrected chi connectivity index (χ2v) is 24.0. The highest BCUT2D eigenvalue weighted by Crippen LogP contribution is 2.27. The van der Waals surface area contributed by atoms with E-state index in [0.29, 0.717) is 13.0 Å². The van der Waals surface area contributed by atoms with Crippen LogP contribution in [0.1, 0.15) is 290 Å². The molecule has 2 rings (SSSR count). The summed E-state index contributed by atoms with van der Waals surface area (Å²) >= 11 is 0. The van der Waals surface area contributed by atoms with Crippen molar-refractivity contribution < 1.29 is 69.0 Å². The average molecular weight is 1170 g/mol. The van der Waals surface area contributed by atoms with Crippen molar-refractivity contribution in [3.05, 3.63) is 36.5 Å². The number of aliphatic hydroxyl groups excluding tert-OH is 7. The summed E-state index contributed by atoms with van der Waals surface area (Å²) in [5.41, 5.74) is 0. The Balaban J connectivity index is 1.65. The zero-order valence-corrected chi connectivity index (χ0v) is 52.2. The van der Waals surface area contributed by atoms with E-state index in [4.69, 9.17) is 28.4 Å². The number of carbonyl (C=O) groups excluding carboxylic acids is 1. The SMILES string of the molecule is CCCCCCC/C=C\C/C=C\C/C=C\CCCCCCCCCCCCCOCC(COC1OC(COC2OC(CO)C(O)C(O)C2O)C(O)C(O)C1O)OC(=O)CCCCCCCCCCCCCCCCCCCCCCCC. The van der Waals surface area contributed by atoms with Crippen molar-refractivity contribution in [2.24, 2.45) is 0 Å². The number of carbonyl (C=O) groups is 1. The predicted octanol–water partition coefficient (Wildman–Crippen LogP) is 14.0. The smallest absolute Gasteiger partial charge is 0.306 e. The van der Waals surface area contributed by atoms with Gasteiger partial charge < -0.3 is 64.2 Å². The Morgan fingerprint density at radius 2 is 0.756 bits per heavy atom. The Bertz CT molecular complexity index is 1500. The van der Waals surface area contributed by atoms with Gasteiger partial charge in [-0.15, -0.1) is 0 Å². The average Bonchev–Trinajstić information content (AvgIpc) is 3.52. The van der Waals surface area contributed by atoms with Crippen LogP contribution < -0.4 is 0 Å². The van der Waals surface area contributed by atoms with Gasteiger partial charge in [0.1, 0.15) is 54.9 Å². The van der Waals surface area contributed by atoms with Crippen molar-refractivity contribution >= 4 is 5.97 Å². The van der Waals surface area contributed by atoms with E-state index in [1.807, 2.05) is 0 Å². The van der Waals surface area contributed by atoms with Crippen LogP contribution in [-0.4, -0.2) is 142 Å². The van der Waals surface area contributed by atoms with Crippen molar-refractivity contribution in [1.29, 1.82) is 0 Å². The van der Waals surface area contributed by atoms with E-state index in [1.165, 1.54) is 212 Å². The van der Waals surface area contributed by atoms with Crippen LogP contribution in [0, 0.1) is 0 Å². The lowest BCUT2D eigenvalue weighted by atomic mass is 9.98. The third kappa shape index (κ3) is 39.8. The molecule has 11 atom stereocenters. The number of allylic oxidation sites excluding steroid dienone is 6. The van der Waals surface area contributed by atoms with E-state index in [-0.39, 0.29) is 25.6 Å². The Labute approximate surface area is 500 Å².